The Bertz CT molecular complexity index is 919. The van der Waals surface area contributed by atoms with Crippen molar-refractivity contribution in [3.05, 3.63) is 68.7 Å². The van der Waals surface area contributed by atoms with E-state index in [1.807, 2.05) is 18.2 Å². The second kappa shape index (κ2) is 6.62. The van der Waals surface area contributed by atoms with Gasteiger partial charge in [-0.1, -0.05) is 29.3 Å². The van der Waals surface area contributed by atoms with Crippen LogP contribution in [0, 0.1) is 5.92 Å². The lowest BCUT2D eigenvalue weighted by molar-refractivity contribution is 0.0748. The van der Waals surface area contributed by atoms with E-state index in [0.717, 1.165) is 12.0 Å². The largest absolute Gasteiger partial charge is 0.508 e. The van der Waals surface area contributed by atoms with Gasteiger partial charge in [-0.05, 0) is 59.0 Å². The zero-order chi connectivity index (χ0) is 18.4. The SMILES string of the molecule is NCC1CN(C(=O)c2cc(O)cc(Cl)c2)CC2=C1c1cc(Cl)ccc1C2. The third-order valence-electron chi connectivity index (χ3n) is 5.08. The lowest BCUT2D eigenvalue weighted by Crippen LogP contribution is -2.42. The number of phenols is 1. The number of phenolic OH excluding ortho intramolecular Hbond substituents is 1. The monoisotopic (exact) mass is 388 g/mol. The smallest absolute Gasteiger partial charge is 0.254 e. The summed E-state index contributed by atoms with van der Waals surface area (Å²) in [6.45, 7) is 1.53. The van der Waals surface area contributed by atoms with Crippen molar-refractivity contribution in [3.8, 4) is 5.75 Å². The second-order valence-corrected chi connectivity index (χ2v) is 7.68. The highest BCUT2D eigenvalue weighted by atomic mass is 35.5. The first-order valence-corrected chi connectivity index (χ1v) is 9.21. The highest BCUT2D eigenvalue weighted by Crippen LogP contribution is 2.42. The molecule has 0 aromatic heterocycles. The Morgan fingerprint density at radius 3 is 2.73 bits per heavy atom. The zero-order valence-corrected chi connectivity index (χ0v) is 15.5. The first-order valence-electron chi connectivity index (χ1n) is 8.46. The minimum Gasteiger partial charge on any atom is -0.508 e. The van der Waals surface area contributed by atoms with Crippen molar-refractivity contribution >= 4 is 34.7 Å². The standard InChI is InChI=1S/C20H18Cl2N2O2/c21-15-2-1-11-3-13-9-24(10-14(8-23)19(13)18(11)7-15)20(26)12-4-16(22)6-17(25)5-12/h1-2,4-7,14,25H,3,8-10,23H2. The van der Waals surface area contributed by atoms with Crippen molar-refractivity contribution in [3.63, 3.8) is 0 Å². The maximum atomic E-state index is 13.0. The molecule has 1 aliphatic heterocycles. The molecule has 1 unspecified atom stereocenters. The molecule has 2 aromatic carbocycles. The van der Waals surface area contributed by atoms with E-state index in [1.54, 1.807) is 11.0 Å². The van der Waals surface area contributed by atoms with Crippen molar-refractivity contribution in [2.75, 3.05) is 19.6 Å². The van der Waals surface area contributed by atoms with Gasteiger partial charge in [0.05, 0.1) is 0 Å². The van der Waals surface area contributed by atoms with Crippen molar-refractivity contribution < 1.29 is 9.90 Å². The summed E-state index contributed by atoms with van der Waals surface area (Å²) in [5.41, 5.74) is 11.3. The van der Waals surface area contributed by atoms with Crippen LogP contribution in [0.5, 0.6) is 5.75 Å². The first kappa shape index (κ1) is 17.4. The Morgan fingerprint density at radius 2 is 2.00 bits per heavy atom. The summed E-state index contributed by atoms with van der Waals surface area (Å²) in [5, 5.41) is 10.8. The van der Waals surface area contributed by atoms with Crippen LogP contribution in [-0.2, 0) is 6.42 Å². The summed E-state index contributed by atoms with van der Waals surface area (Å²) >= 11 is 12.2. The summed E-state index contributed by atoms with van der Waals surface area (Å²) in [6, 6.07) is 10.4. The molecule has 2 aliphatic rings. The third-order valence-corrected chi connectivity index (χ3v) is 5.53. The molecule has 0 saturated heterocycles. The van der Waals surface area contributed by atoms with Crippen LogP contribution >= 0.6 is 23.2 Å². The lowest BCUT2D eigenvalue weighted by Gasteiger charge is -2.34. The Kier molecular flexibility index (Phi) is 4.43. The molecule has 3 N–H and O–H groups in total. The van der Waals surface area contributed by atoms with Crippen LogP contribution in [0.2, 0.25) is 10.0 Å². The molecule has 1 atom stereocenters. The summed E-state index contributed by atoms with van der Waals surface area (Å²) in [6.07, 6.45) is 0.808. The number of benzene rings is 2. The fraction of sp³-hybridized carbons (Fsp3) is 0.250. The molecule has 0 bridgehead atoms. The number of aromatic hydroxyl groups is 1. The molecule has 4 rings (SSSR count). The number of halogens is 2. The molecule has 1 heterocycles. The molecule has 26 heavy (non-hydrogen) atoms. The molecule has 4 nitrogen and oxygen atoms in total. The predicted octanol–water partition coefficient (Wildman–Crippen LogP) is 3.74. The van der Waals surface area contributed by atoms with Gasteiger partial charge in [0.15, 0.2) is 0 Å². The molecular weight excluding hydrogens is 371 g/mol. The van der Waals surface area contributed by atoms with E-state index in [-0.39, 0.29) is 17.6 Å². The number of rotatable bonds is 2. The van der Waals surface area contributed by atoms with Gasteiger partial charge in [-0.25, -0.2) is 0 Å². The van der Waals surface area contributed by atoms with Crippen molar-refractivity contribution in [2.24, 2.45) is 11.7 Å². The Hall–Kier alpha value is -2.01. The van der Waals surface area contributed by atoms with Gasteiger partial charge in [-0.2, -0.15) is 0 Å². The zero-order valence-electron chi connectivity index (χ0n) is 14.0. The molecule has 0 fully saturated rings. The first-order chi connectivity index (χ1) is 12.5. The molecule has 6 heteroatoms. The normalized spacial score (nSPS) is 18.7. The van der Waals surface area contributed by atoms with Crippen molar-refractivity contribution in [2.45, 2.75) is 6.42 Å². The summed E-state index contributed by atoms with van der Waals surface area (Å²) in [4.78, 5) is 14.7. The number of nitrogens with two attached hydrogens (primary N) is 1. The van der Waals surface area contributed by atoms with Gasteiger partial charge in [-0.3, -0.25) is 4.79 Å². The highest BCUT2D eigenvalue weighted by Gasteiger charge is 2.35. The number of fused-ring (bicyclic) bond motifs is 2. The van der Waals surface area contributed by atoms with E-state index >= 15 is 0 Å². The van der Waals surface area contributed by atoms with Crippen molar-refractivity contribution in [1.29, 1.82) is 0 Å². The van der Waals surface area contributed by atoms with E-state index in [0.29, 0.717) is 35.2 Å². The molecule has 0 saturated carbocycles. The van der Waals surface area contributed by atoms with E-state index < -0.39 is 0 Å². The van der Waals surface area contributed by atoms with E-state index in [2.05, 4.69) is 0 Å². The molecule has 1 amide bonds. The van der Waals surface area contributed by atoms with Gasteiger partial charge in [0, 0.05) is 41.2 Å². The molecule has 134 valence electrons. The minimum absolute atomic E-state index is 0.0175. The van der Waals surface area contributed by atoms with E-state index in [1.165, 1.54) is 28.8 Å². The molecule has 0 radical (unpaired) electrons. The van der Waals surface area contributed by atoms with Gasteiger partial charge >= 0.3 is 0 Å². The van der Waals surface area contributed by atoms with Crippen LogP contribution in [0.4, 0.5) is 0 Å². The lowest BCUT2D eigenvalue weighted by atomic mass is 9.88. The number of amides is 1. The van der Waals surface area contributed by atoms with Crippen LogP contribution in [0.25, 0.3) is 5.57 Å². The molecular formula is C20H18Cl2N2O2. The van der Waals surface area contributed by atoms with Crippen LogP contribution < -0.4 is 5.73 Å². The second-order valence-electron chi connectivity index (χ2n) is 6.81. The van der Waals surface area contributed by atoms with Crippen LogP contribution in [0.3, 0.4) is 0 Å². The number of carbonyl (C=O) groups excluding carboxylic acids is 1. The van der Waals surface area contributed by atoms with Crippen molar-refractivity contribution in [1.82, 2.24) is 4.90 Å². The predicted molar refractivity (Wildman–Crippen MR) is 104 cm³/mol. The fourth-order valence-corrected chi connectivity index (χ4v) is 4.40. The Labute approximate surface area is 161 Å². The summed E-state index contributed by atoms with van der Waals surface area (Å²) < 4.78 is 0. The van der Waals surface area contributed by atoms with Gasteiger partial charge in [0.25, 0.3) is 5.91 Å². The molecule has 2 aromatic rings. The van der Waals surface area contributed by atoms with Crippen LogP contribution in [-0.4, -0.2) is 35.5 Å². The maximum Gasteiger partial charge on any atom is 0.254 e. The average Bonchev–Trinajstić information content (AvgIpc) is 2.97. The van der Waals surface area contributed by atoms with Gasteiger partial charge in [-0.15, -0.1) is 0 Å². The molecule has 1 aliphatic carbocycles. The number of carbonyl (C=O) groups is 1. The fourth-order valence-electron chi connectivity index (χ4n) is 4.00. The Balaban J connectivity index is 1.67. The van der Waals surface area contributed by atoms with Gasteiger partial charge < -0.3 is 15.7 Å². The molecule has 0 spiro atoms. The third kappa shape index (κ3) is 2.98. The van der Waals surface area contributed by atoms with E-state index in [9.17, 15) is 9.90 Å². The highest BCUT2D eigenvalue weighted by molar-refractivity contribution is 6.31. The minimum atomic E-state index is -0.151. The number of nitrogens with zero attached hydrogens (tertiary/aromatic N) is 1. The Morgan fingerprint density at radius 1 is 1.19 bits per heavy atom. The number of hydrogen-bond donors (Lipinski definition) is 2. The van der Waals surface area contributed by atoms with Crippen LogP contribution in [0.15, 0.2) is 42.0 Å². The van der Waals surface area contributed by atoms with Gasteiger partial charge in [0.1, 0.15) is 5.75 Å². The average molecular weight is 389 g/mol. The summed E-state index contributed by atoms with van der Waals surface area (Å²) in [5.74, 6) is -0.104. The maximum absolute atomic E-state index is 13.0. The topological polar surface area (TPSA) is 66.6 Å². The van der Waals surface area contributed by atoms with E-state index in [4.69, 9.17) is 28.9 Å². The number of hydrogen-bond acceptors (Lipinski definition) is 3. The summed E-state index contributed by atoms with van der Waals surface area (Å²) in [7, 11) is 0. The van der Waals surface area contributed by atoms with Gasteiger partial charge in [0.2, 0.25) is 0 Å². The van der Waals surface area contributed by atoms with Crippen LogP contribution in [0.1, 0.15) is 21.5 Å². The quantitative estimate of drug-likeness (QED) is 0.823.